The second kappa shape index (κ2) is 9.28. The molecule has 0 spiro atoms. The highest BCUT2D eigenvalue weighted by atomic mass is 35.5. The lowest BCUT2D eigenvalue weighted by Crippen LogP contribution is -2.32. The standard InChI is InChI=1S/C18H16ClN3O2.C4H8O2/c1-21-9-8-14-15-10-12(19)4-7-16(15)20-17(14)18(21)11-2-5-13(6-3-11)22(23)24;1-4(2)6-3-5/h2-7,10,18,20H,8-9H2,1H3;3-4H,1-2H3. The van der Waals surface area contributed by atoms with Gasteiger partial charge in [-0.3, -0.25) is 19.8 Å². The molecule has 2 heterocycles. The van der Waals surface area contributed by atoms with Gasteiger partial charge in [-0.2, -0.15) is 0 Å². The largest absolute Gasteiger partial charge is 0.465 e. The Kier molecular flexibility index (Phi) is 6.74. The molecule has 4 rings (SSSR count). The first-order chi connectivity index (χ1) is 14.3. The molecule has 30 heavy (non-hydrogen) atoms. The second-order valence-electron chi connectivity index (χ2n) is 7.47. The van der Waals surface area contributed by atoms with Gasteiger partial charge in [0.2, 0.25) is 0 Å². The summed E-state index contributed by atoms with van der Waals surface area (Å²) in [6.45, 7) is 4.97. The molecule has 1 atom stereocenters. The van der Waals surface area contributed by atoms with Crippen LogP contribution in [0, 0.1) is 10.1 Å². The molecule has 1 unspecified atom stereocenters. The molecule has 158 valence electrons. The van der Waals surface area contributed by atoms with Crippen LogP contribution in [0.4, 0.5) is 5.69 Å². The predicted octanol–water partition coefficient (Wildman–Crippen LogP) is 4.87. The number of nitrogens with zero attached hydrogens (tertiary/aromatic N) is 2. The number of nitro groups is 1. The lowest BCUT2D eigenvalue weighted by Gasteiger charge is -2.33. The number of hydrogen-bond acceptors (Lipinski definition) is 5. The number of aromatic nitrogens is 1. The monoisotopic (exact) mass is 429 g/mol. The third-order valence-corrected chi connectivity index (χ3v) is 5.31. The van der Waals surface area contributed by atoms with Crippen LogP contribution in [-0.2, 0) is 16.0 Å². The summed E-state index contributed by atoms with van der Waals surface area (Å²) in [5, 5.41) is 12.8. The van der Waals surface area contributed by atoms with E-state index in [4.69, 9.17) is 11.6 Å². The van der Waals surface area contributed by atoms with Gasteiger partial charge >= 0.3 is 0 Å². The van der Waals surface area contributed by atoms with Gasteiger partial charge < -0.3 is 9.72 Å². The van der Waals surface area contributed by atoms with E-state index in [0.717, 1.165) is 40.1 Å². The minimum absolute atomic E-state index is 0.0301. The Labute approximate surface area is 179 Å². The van der Waals surface area contributed by atoms with Gasteiger partial charge in [-0.1, -0.05) is 23.7 Å². The van der Waals surface area contributed by atoms with E-state index >= 15 is 0 Å². The van der Waals surface area contributed by atoms with Crippen LogP contribution < -0.4 is 0 Å². The van der Waals surface area contributed by atoms with Crippen LogP contribution in [0.2, 0.25) is 5.02 Å². The number of fused-ring (bicyclic) bond motifs is 3. The number of H-pyrrole nitrogens is 1. The minimum atomic E-state index is -0.370. The average molecular weight is 430 g/mol. The van der Waals surface area contributed by atoms with Crippen LogP contribution in [0.5, 0.6) is 0 Å². The molecule has 2 aromatic carbocycles. The maximum atomic E-state index is 10.9. The Morgan fingerprint density at radius 2 is 1.97 bits per heavy atom. The molecule has 0 saturated heterocycles. The Hall–Kier alpha value is -2.90. The number of nitro benzene ring substituents is 1. The van der Waals surface area contributed by atoms with Crippen molar-refractivity contribution in [2.45, 2.75) is 32.4 Å². The molecule has 1 aromatic heterocycles. The summed E-state index contributed by atoms with van der Waals surface area (Å²) in [6, 6.07) is 12.8. The van der Waals surface area contributed by atoms with Gasteiger partial charge in [-0.15, -0.1) is 0 Å². The van der Waals surface area contributed by atoms with E-state index in [1.165, 1.54) is 5.56 Å². The Morgan fingerprint density at radius 1 is 1.27 bits per heavy atom. The smallest absolute Gasteiger partial charge is 0.293 e. The zero-order valence-corrected chi connectivity index (χ0v) is 17.8. The molecule has 0 saturated carbocycles. The molecular weight excluding hydrogens is 406 g/mol. The van der Waals surface area contributed by atoms with Crippen LogP contribution in [0.3, 0.4) is 0 Å². The van der Waals surface area contributed by atoms with Gasteiger partial charge in [-0.25, -0.2) is 0 Å². The quantitative estimate of drug-likeness (QED) is 0.363. The number of rotatable bonds is 4. The fourth-order valence-electron chi connectivity index (χ4n) is 3.69. The van der Waals surface area contributed by atoms with E-state index in [9.17, 15) is 14.9 Å². The highest BCUT2D eigenvalue weighted by Crippen LogP contribution is 2.38. The van der Waals surface area contributed by atoms with Crippen molar-refractivity contribution in [1.29, 1.82) is 0 Å². The van der Waals surface area contributed by atoms with Crippen molar-refractivity contribution in [3.05, 3.63) is 74.4 Å². The Morgan fingerprint density at radius 3 is 2.53 bits per heavy atom. The highest BCUT2D eigenvalue weighted by Gasteiger charge is 2.29. The van der Waals surface area contributed by atoms with Gasteiger partial charge in [0.05, 0.1) is 17.1 Å². The average Bonchev–Trinajstić information content (AvgIpc) is 3.06. The van der Waals surface area contributed by atoms with Crippen molar-refractivity contribution >= 4 is 34.7 Å². The third-order valence-electron chi connectivity index (χ3n) is 5.08. The Balaban J connectivity index is 0.000000377. The number of benzene rings is 2. The normalized spacial score (nSPS) is 16.0. The number of halogens is 1. The highest BCUT2D eigenvalue weighted by molar-refractivity contribution is 6.31. The molecule has 0 fully saturated rings. The molecule has 1 N–H and O–H groups in total. The molecule has 8 heteroatoms. The maximum Gasteiger partial charge on any atom is 0.293 e. The van der Waals surface area contributed by atoms with E-state index in [-0.39, 0.29) is 22.8 Å². The first-order valence-corrected chi connectivity index (χ1v) is 10.0. The molecule has 0 aliphatic carbocycles. The summed E-state index contributed by atoms with van der Waals surface area (Å²) < 4.78 is 4.36. The summed E-state index contributed by atoms with van der Waals surface area (Å²) in [6.07, 6.45) is 0.984. The van der Waals surface area contributed by atoms with Gasteiger partial charge in [-0.05, 0) is 56.6 Å². The number of likely N-dealkylation sites (N-methyl/N-ethyl adjacent to an activating group) is 1. The zero-order chi connectivity index (χ0) is 21.8. The number of hydrogen-bond donors (Lipinski definition) is 1. The summed E-state index contributed by atoms with van der Waals surface area (Å²) >= 11 is 6.16. The van der Waals surface area contributed by atoms with E-state index in [2.05, 4.69) is 21.7 Å². The van der Waals surface area contributed by atoms with Crippen LogP contribution in [0.1, 0.15) is 36.7 Å². The van der Waals surface area contributed by atoms with Gasteiger partial charge in [0.1, 0.15) is 0 Å². The number of carbonyl (C=O) groups is 1. The molecular formula is C22H24ClN3O4. The van der Waals surface area contributed by atoms with Crippen molar-refractivity contribution < 1.29 is 14.5 Å². The van der Waals surface area contributed by atoms with Crippen molar-refractivity contribution in [1.82, 2.24) is 9.88 Å². The fraction of sp³-hybridized carbons (Fsp3) is 0.318. The summed E-state index contributed by atoms with van der Waals surface area (Å²) in [7, 11) is 2.08. The third kappa shape index (κ3) is 4.63. The SMILES string of the molecule is CC(C)OC=O.CN1CCc2c([nH]c3ccc(Cl)cc23)C1c1ccc([N+](=O)[O-])cc1. The van der Waals surface area contributed by atoms with E-state index < -0.39 is 0 Å². The molecule has 0 amide bonds. The van der Waals surface area contributed by atoms with Crippen molar-refractivity contribution in [2.24, 2.45) is 0 Å². The number of nitrogens with one attached hydrogen (secondary N) is 1. The van der Waals surface area contributed by atoms with E-state index in [0.29, 0.717) is 6.47 Å². The first-order valence-electron chi connectivity index (χ1n) is 9.65. The predicted molar refractivity (Wildman–Crippen MR) is 117 cm³/mol. The zero-order valence-electron chi connectivity index (χ0n) is 17.1. The van der Waals surface area contributed by atoms with Gasteiger partial charge in [0.25, 0.3) is 12.2 Å². The van der Waals surface area contributed by atoms with Crippen LogP contribution in [-0.4, -0.2) is 41.0 Å². The number of non-ortho nitro benzene ring substituents is 1. The molecule has 1 aliphatic rings. The molecule has 0 bridgehead atoms. The van der Waals surface area contributed by atoms with Crippen LogP contribution in [0.15, 0.2) is 42.5 Å². The van der Waals surface area contributed by atoms with Gasteiger partial charge in [0.15, 0.2) is 0 Å². The number of ether oxygens (including phenoxy) is 1. The van der Waals surface area contributed by atoms with Crippen molar-refractivity contribution in [2.75, 3.05) is 13.6 Å². The summed E-state index contributed by atoms with van der Waals surface area (Å²) in [4.78, 5) is 25.7. The first kappa shape index (κ1) is 21.8. The molecule has 7 nitrogen and oxygen atoms in total. The fourth-order valence-corrected chi connectivity index (χ4v) is 3.86. The topological polar surface area (TPSA) is 88.5 Å². The molecule has 0 radical (unpaired) electrons. The number of carbonyl (C=O) groups excluding carboxylic acids is 1. The second-order valence-corrected chi connectivity index (χ2v) is 7.91. The van der Waals surface area contributed by atoms with Crippen molar-refractivity contribution in [3.8, 4) is 0 Å². The van der Waals surface area contributed by atoms with Crippen molar-refractivity contribution in [3.63, 3.8) is 0 Å². The summed E-state index contributed by atoms with van der Waals surface area (Å²) in [5.41, 5.74) is 4.66. The lowest BCUT2D eigenvalue weighted by molar-refractivity contribution is -0.384. The summed E-state index contributed by atoms with van der Waals surface area (Å²) in [5.74, 6) is 0. The van der Waals surface area contributed by atoms with E-state index in [1.807, 2.05) is 30.3 Å². The Bertz CT molecular complexity index is 1050. The maximum absolute atomic E-state index is 10.9. The molecule has 3 aromatic rings. The minimum Gasteiger partial charge on any atom is -0.465 e. The molecule has 1 aliphatic heterocycles. The van der Waals surface area contributed by atoms with E-state index in [1.54, 1.807) is 26.0 Å². The van der Waals surface area contributed by atoms with Crippen LogP contribution in [0.25, 0.3) is 10.9 Å². The van der Waals surface area contributed by atoms with Gasteiger partial charge in [0, 0.05) is 40.3 Å². The van der Waals surface area contributed by atoms with Crippen LogP contribution >= 0.6 is 11.6 Å². The lowest BCUT2D eigenvalue weighted by atomic mass is 9.93. The number of aromatic amines is 1.